The highest BCUT2D eigenvalue weighted by Gasteiger charge is 2.41. The maximum absolute atomic E-state index is 12.8. The SMILES string of the molecule is O=C=NC1(c2cccc3[nH]c(C(F)(F)F)cc23)CCC1. The van der Waals surface area contributed by atoms with Gasteiger partial charge in [0.15, 0.2) is 0 Å². The number of aromatic amines is 1. The number of rotatable bonds is 2. The van der Waals surface area contributed by atoms with Gasteiger partial charge in [-0.2, -0.15) is 18.2 Å². The molecule has 0 unspecified atom stereocenters. The molecule has 6 heteroatoms. The predicted octanol–water partition coefficient (Wildman–Crippen LogP) is 3.90. The number of isocyanates is 1. The minimum atomic E-state index is -4.42. The Bertz CT molecular complexity index is 707. The van der Waals surface area contributed by atoms with Crippen molar-refractivity contribution in [3.05, 3.63) is 35.5 Å². The van der Waals surface area contributed by atoms with Crippen LogP contribution in [-0.4, -0.2) is 11.1 Å². The molecule has 1 fully saturated rings. The first-order valence-corrected chi connectivity index (χ1v) is 6.25. The van der Waals surface area contributed by atoms with E-state index in [2.05, 4.69) is 9.98 Å². The molecule has 1 heterocycles. The minimum absolute atomic E-state index is 0.405. The van der Waals surface area contributed by atoms with Crippen LogP contribution in [0.5, 0.6) is 0 Å². The highest BCUT2D eigenvalue weighted by atomic mass is 19.4. The number of H-pyrrole nitrogens is 1. The molecule has 1 aromatic carbocycles. The number of benzene rings is 1. The van der Waals surface area contributed by atoms with Crippen LogP contribution in [-0.2, 0) is 16.5 Å². The van der Waals surface area contributed by atoms with Crippen molar-refractivity contribution in [3.8, 4) is 0 Å². The number of hydrogen-bond donors (Lipinski definition) is 1. The Kier molecular flexibility index (Phi) is 2.73. The van der Waals surface area contributed by atoms with Crippen molar-refractivity contribution in [1.29, 1.82) is 0 Å². The van der Waals surface area contributed by atoms with Gasteiger partial charge in [0.25, 0.3) is 0 Å². The number of aliphatic imine (C=N–C) groups is 1. The molecule has 0 spiro atoms. The Morgan fingerprint density at radius 1 is 1.30 bits per heavy atom. The molecule has 2 aromatic rings. The summed E-state index contributed by atoms with van der Waals surface area (Å²) < 4.78 is 38.3. The molecule has 0 bridgehead atoms. The molecular weight excluding hydrogens is 269 g/mol. The first-order valence-electron chi connectivity index (χ1n) is 6.25. The molecule has 3 nitrogen and oxygen atoms in total. The van der Waals surface area contributed by atoms with Crippen LogP contribution in [0.15, 0.2) is 29.3 Å². The third kappa shape index (κ3) is 1.84. The standard InChI is InChI=1S/C14H11F3N2O/c15-14(16,17)12-7-9-10(3-1-4-11(9)19-12)13(18-8-20)5-2-6-13/h1,3-4,7,19H,2,5-6H2. The first kappa shape index (κ1) is 12.9. The maximum atomic E-state index is 12.8. The van der Waals surface area contributed by atoms with Crippen molar-refractivity contribution < 1.29 is 18.0 Å². The molecule has 104 valence electrons. The molecule has 20 heavy (non-hydrogen) atoms. The molecule has 1 saturated carbocycles. The second-order valence-corrected chi connectivity index (χ2v) is 5.04. The molecule has 0 amide bonds. The van der Waals surface area contributed by atoms with E-state index in [0.717, 1.165) is 12.5 Å². The number of carbonyl (C=O) groups excluding carboxylic acids is 1. The van der Waals surface area contributed by atoms with Crippen LogP contribution in [0.4, 0.5) is 13.2 Å². The van der Waals surface area contributed by atoms with Gasteiger partial charge in [0.1, 0.15) is 5.69 Å². The minimum Gasteiger partial charge on any atom is -0.351 e. The number of fused-ring (bicyclic) bond motifs is 1. The van der Waals surface area contributed by atoms with Gasteiger partial charge in [-0.15, -0.1) is 0 Å². The Morgan fingerprint density at radius 2 is 2.05 bits per heavy atom. The van der Waals surface area contributed by atoms with Crippen LogP contribution in [0.1, 0.15) is 30.5 Å². The van der Waals surface area contributed by atoms with Crippen molar-refractivity contribution in [3.63, 3.8) is 0 Å². The number of nitrogens with zero attached hydrogens (tertiary/aromatic N) is 1. The van der Waals surface area contributed by atoms with Gasteiger partial charge in [-0.25, -0.2) is 4.79 Å². The van der Waals surface area contributed by atoms with Gasteiger partial charge in [0.05, 0.1) is 5.54 Å². The van der Waals surface area contributed by atoms with E-state index >= 15 is 0 Å². The van der Waals surface area contributed by atoms with E-state index in [4.69, 9.17) is 0 Å². The zero-order valence-corrected chi connectivity index (χ0v) is 10.4. The van der Waals surface area contributed by atoms with Gasteiger partial charge in [-0.05, 0) is 37.0 Å². The highest BCUT2D eigenvalue weighted by molar-refractivity contribution is 5.85. The Hall–Kier alpha value is -2.07. The fourth-order valence-electron chi connectivity index (χ4n) is 2.75. The van der Waals surface area contributed by atoms with E-state index in [0.29, 0.717) is 29.3 Å². The van der Waals surface area contributed by atoms with E-state index < -0.39 is 17.4 Å². The Morgan fingerprint density at radius 3 is 2.60 bits per heavy atom. The second-order valence-electron chi connectivity index (χ2n) is 5.04. The van der Waals surface area contributed by atoms with E-state index in [-0.39, 0.29) is 0 Å². The van der Waals surface area contributed by atoms with Crippen molar-refractivity contribution in [2.24, 2.45) is 4.99 Å². The van der Waals surface area contributed by atoms with Crippen LogP contribution in [0, 0.1) is 0 Å². The predicted molar refractivity (Wildman–Crippen MR) is 67.0 cm³/mol. The molecule has 0 radical (unpaired) electrons. The van der Waals surface area contributed by atoms with Gasteiger partial charge in [0.2, 0.25) is 6.08 Å². The monoisotopic (exact) mass is 280 g/mol. The van der Waals surface area contributed by atoms with E-state index in [1.54, 1.807) is 24.3 Å². The molecule has 1 aliphatic carbocycles. The van der Waals surface area contributed by atoms with Crippen molar-refractivity contribution >= 4 is 17.0 Å². The topological polar surface area (TPSA) is 45.2 Å². The van der Waals surface area contributed by atoms with Crippen LogP contribution in [0.25, 0.3) is 10.9 Å². The summed E-state index contributed by atoms with van der Waals surface area (Å²) in [4.78, 5) is 16.8. The largest absolute Gasteiger partial charge is 0.431 e. The number of halogens is 3. The number of aromatic nitrogens is 1. The van der Waals surface area contributed by atoms with Gasteiger partial charge in [-0.3, -0.25) is 0 Å². The molecule has 1 N–H and O–H groups in total. The number of nitrogens with one attached hydrogen (secondary N) is 1. The molecule has 0 aliphatic heterocycles. The lowest BCUT2D eigenvalue weighted by Crippen LogP contribution is -2.32. The lowest BCUT2D eigenvalue weighted by Gasteiger charge is -2.37. The van der Waals surface area contributed by atoms with Crippen molar-refractivity contribution in [2.45, 2.75) is 31.0 Å². The van der Waals surface area contributed by atoms with Crippen LogP contribution in [0.3, 0.4) is 0 Å². The Labute approximate surface area is 112 Å². The van der Waals surface area contributed by atoms with Crippen molar-refractivity contribution in [1.82, 2.24) is 4.98 Å². The van der Waals surface area contributed by atoms with Gasteiger partial charge in [0, 0.05) is 10.9 Å². The average molecular weight is 280 g/mol. The zero-order valence-electron chi connectivity index (χ0n) is 10.4. The van der Waals surface area contributed by atoms with Crippen molar-refractivity contribution in [2.75, 3.05) is 0 Å². The van der Waals surface area contributed by atoms with E-state index in [9.17, 15) is 18.0 Å². The van der Waals surface area contributed by atoms with E-state index in [1.807, 2.05) is 0 Å². The molecule has 0 atom stereocenters. The summed E-state index contributed by atoms with van der Waals surface area (Å²) in [5, 5.41) is 0.471. The Balaban J connectivity index is 2.21. The zero-order chi connectivity index (χ0) is 14.4. The summed E-state index contributed by atoms with van der Waals surface area (Å²) in [5.74, 6) is 0. The maximum Gasteiger partial charge on any atom is 0.431 e. The molecule has 1 aromatic heterocycles. The lowest BCUT2D eigenvalue weighted by molar-refractivity contribution is -0.140. The average Bonchev–Trinajstić information content (AvgIpc) is 2.77. The summed E-state index contributed by atoms with van der Waals surface area (Å²) in [6, 6.07) is 6.08. The molecule has 1 aliphatic rings. The van der Waals surface area contributed by atoms with Gasteiger partial charge >= 0.3 is 6.18 Å². The van der Waals surface area contributed by atoms with Gasteiger partial charge < -0.3 is 4.98 Å². The summed E-state index contributed by atoms with van der Waals surface area (Å²) in [7, 11) is 0. The van der Waals surface area contributed by atoms with E-state index in [1.165, 1.54) is 0 Å². The van der Waals surface area contributed by atoms with Gasteiger partial charge in [-0.1, -0.05) is 12.1 Å². The third-order valence-electron chi connectivity index (χ3n) is 3.91. The molecule has 0 saturated heterocycles. The van der Waals surface area contributed by atoms with Crippen LogP contribution >= 0.6 is 0 Å². The second kappa shape index (κ2) is 4.21. The summed E-state index contributed by atoms with van der Waals surface area (Å²) in [6.45, 7) is 0. The number of hydrogen-bond acceptors (Lipinski definition) is 2. The summed E-state index contributed by atoms with van der Waals surface area (Å²) in [5.41, 5.74) is -0.421. The summed E-state index contributed by atoms with van der Waals surface area (Å²) in [6.07, 6.45) is -0.644. The van der Waals surface area contributed by atoms with Crippen LogP contribution in [0.2, 0.25) is 0 Å². The quantitative estimate of drug-likeness (QED) is 0.658. The van der Waals surface area contributed by atoms with Crippen LogP contribution < -0.4 is 0 Å². The summed E-state index contributed by atoms with van der Waals surface area (Å²) >= 11 is 0. The molecular formula is C14H11F3N2O. The normalized spacial score (nSPS) is 17.6. The lowest BCUT2D eigenvalue weighted by atomic mass is 9.71. The highest BCUT2D eigenvalue weighted by Crippen LogP contribution is 2.47. The first-order chi connectivity index (χ1) is 9.46. The number of alkyl halides is 3. The third-order valence-corrected chi connectivity index (χ3v) is 3.91. The fourth-order valence-corrected chi connectivity index (χ4v) is 2.75. The fraction of sp³-hybridized carbons (Fsp3) is 0.357. The molecule has 3 rings (SSSR count). The smallest absolute Gasteiger partial charge is 0.351 e.